The predicted molar refractivity (Wildman–Crippen MR) is 319 cm³/mol. The van der Waals surface area contributed by atoms with Crippen molar-refractivity contribution < 1.29 is 29.3 Å². The summed E-state index contributed by atoms with van der Waals surface area (Å²) < 4.78 is 10.7. The third kappa shape index (κ3) is 8.22. The molecule has 0 radical (unpaired) electrons. The number of rotatable bonds is 10. The second-order valence-electron chi connectivity index (χ2n) is 19.9. The average molecular weight is 1070 g/mol. The van der Waals surface area contributed by atoms with E-state index in [9.17, 15) is 30.3 Å². The molecule has 0 aliphatic heterocycles. The lowest BCUT2D eigenvalue weighted by atomic mass is 9.98. The van der Waals surface area contributed by atoms with E-state index in [1.165, 1.54) is 0 Å². The molecule has 0 saturated carbocycles. The number of phenols is 2. The number of ether oxygens (including phenoxy) is 2. The molecule has 0 spiro atoms. The van der Waals surface area contributed by atoms with Gasteiger partial charge in [0.1, 0.15) is 40.6 Å². The van der Waals surface area contributed by atoms with Crippen molar-refractivity contribution in [3.63, 3.8) is 0 Å². The summed E-state index contributed by atoms with van der Waals surface area (Å²) in [5.41, 5.74) is 8.90. The maximum atomic E-state index is 14.1. The lowest BCUT2D eigenvalue weighted by Crippen LogP contribution is -2.13. The molecule has 1 aliphatic rings. The minimum Gasteiger partial charge on any atom is -0.505 e. The number of methoxy groups -OCH3 is 2. The molecule has 12 aromatic rings. The first-order valence-corrected chi connectivity index (χ1v) is 25.9. The van der Waals surface area contributed by atoms with Crippen LogP contribution in [-0.2, 0) is 0 Å². The van der Waals surface area contributed by atoms with Crippen LogP contribution < -0.4 is 20.1 Å². The molecule has 0 unspecified atom stereocenters. The van der Waals surface area contributed by atoms with Crippen molar-refractivity contribution in [1.82, 2.24) is 9.97 Å². The molecule has 0 saturated heterocycles. The number of nitrogens with one attached hydrogen (secondary N) is 4. The maximum absolute atomic E-state index is 14.1. The zero-order chi connectivity index (χ0) is 56.5. The van der Waals surface area contributed by atoms with E-state index in [0.29, 0.717) is 94.7 Å². The van der Waals surface area contributed by atoms with Crippen LogP contribution >= 0.6 is 0 Å². The summed E-state index contributed by atoms with van der Waals surface area (Å²) >= 11 is 0. The summed E-state index contributed by atoms with van der Waals surface area (Å²) in [6.45, 7) is 3.68. The standard InChI is InChI=1S/C66H44N10O6/c1-33-25-40(81-3)17-23-52(33)71-65(79)50-27-35-13-19-46-44-9-5-7-11-54(44)69-59(46)57(35)61(63(50)77)75-73-38-15-21-42-43-22-16-39(30-49(43)56(48(42)29-38)37(31-67)32-68)74-76-62-58-36(14-20-47-45-10-6-8-12-55(45)70-60(47)58)28-51(64(62)78)66(80)72-53-24-18-41(82-4)26-34(53)2/h5-30,69-70,77-78H,1-4H3,(H,71,79)(H,72,80). The summed E-state index contributed by atoms with van der Waals surface area (Å²) in [6, 6.07) is 51.8. The van der Waals surface area contributed by atoms with Crippen molar-refractivity contribution in [2.75, 3.05) is 24.9 Å². The normalized spacial score (nSPS) is 12.0. The quantitative estimate of drug-likeness (QED) is 0.0567. The van der Waals surface area contributed by atoms with E-state index in [1.807, 2.05) is 98.8 Å². The van der Waals surface area contributed by atoms with E-state index < -0.39 is 23.3 Å². The van der Waals surface area contributed by atoms with Crippen molar-refractivity contribution in [2.24, 2.45) is 20.5 Å². The third-order valence-corrected chi connectivity index (χ3v) is 15.2. The smallest absolute Gasteiger partial charge is 0.259 e. The molecular weight excluding hydrogens is 1030 g/mol. The van der Waals surface area contributed by atoms with Crippen molar-refractivity contribution in [1.29, 1.82) is 10.5 Å². The molecule has 16 heteroatoms. The highest BCUT2D eigenvalue weighted by molar-refractivity contribution is 6.24. The Morgan fingerprint density at radius 1 is 0.500 bits per heavy atom. The van der Waals surface area contributed by atoms with E-state index in [0.717, 1.165) is 43.7 Å². The van der Waals surface area contributed by atoms with E-state index in [4.69, 9.17) is 19.7 Å². The van der Waals surface area contributed by atoms with Gasteiger partial charge in [-0.2, -0.15) is 20.8 Å². The number of allylic oxidation sites excluding steroid dienone is 1. The van der Waals surface area contributed by atoms with Crippen LogP contribution in [0.2, 0.25) is 0 Å². The van der Waals surface area contributed by atoms with Crippen molar-refractivity contribution in [2.45, 2.75) is 13.8 Å². The summed E-state index contributed by atoms with van der Waals surface area (Å²) in [5, 5.41) is 75.9. The van der Waals surface area contributed by atoms with Crippen LogP contribution in [0, 0.1) is 36.5 Å². The number of nitriles is 2. The number of azo groups is 2. The molecule has 0 bridgehead atoms. The molecule has 2 amide bonds. The number of carbonyl (C=O) groups is 2. The molecule has 394 valence electrons. The first kappa shape index (κ1) is 49.9. The second kappa shape index (κ2) is 19.7. The topological polar surface area (TPSA) is 246 Å². The Balaban J connectivity index is 0.897. The fourth-order valence-corrected chi connectivity index (χ4v) is 11.1. The SMILES string of the molecule is COc1ccc(NC(=O)c2cc3ccc4c5ccccc5[nH]c4c3c(N=Nc3ccc4c(c3)C(=C(C#N)C#N)c3cc(N=Nc5c(O)c(C(=O)Nc6ccc(OC)cc6C)cc6ccc7c8ccccc8[nH]c7c56)ccc3-4)c2O)c(C)c1. The number of fused-ring (bicyclic) bond motifs is 13. The molecule has 0 fully saturated rings. The Labute approximate surface area is 466 Å². The number of H-pyrrole nitrogens is 2. The molecule has 10 aromatic carbocycles. The maximum Gasteiger partial charge on any atom is 0.259 e. The van der Waals surface area contributed by atoms with Gasteiger partial charge >= 0.3 is 0 Å². The second-order valence-corrected chi connectivity index (χ2v) is 19.9. The van der Waals surface area contributed by atoms with Gasteiger partial charge in [0.2, 0.25) is 0 Å². The highest BCUT2D eigenvalue weighted by Crippen LogP contribution is 2.50. The number of aryl methyl sites for hydroxylation is 2. The number of aromatic nitrogens is 2. The minimum atomic E-state index is -0.571. The number of aromatic hydroxyl groups is 2. The summed E-state index contributed by atoms with van der Waals surface area (Å²) in [7, 11) is 3.13. The molecule has 0 atom stereocenters. The number of anilines is 2. The Bertz CT molecular complexity index is 4670. The number of phenolic OH excluding ortho intramolecular Hbond substituents is 2. The molecule has 6 N–H and O–H groups in total. The Hall–Kier alpha value is -11.6. The number of hydrogen-bond donors (Lipinski definition) is 6. The summed E-state index contributed by atoms with van der Waals surface area (Å²) in [6.07, 6.45) is 0. The molecule has 16 nitrogen and oxygen atoms in total. The van der Waals surface area contributed by atoms with Gasteiger partial charge in [-0.1, -0.05) is 72.8 Å². The third-order valence-electron chi connectivity index (χ3n) is 15.2. The predicted octanol–water partition coefficient (Wildman–Crippen LogP) is 16.5. The molecule has 13 rings (SSSR count). The molecular formula is C66H44N10O6. The number of benzene rings is 10. The van der Waals surface area contributed by atoms with Crippen LogP contribution in [0.25, 0.3) is 81.9 Å². The van der Waals surface area contributed by atoms with Gasteiger partial charge < -0.3 is 40.3 Å². The number of para-hydroxylation sites is 2. The fraction of sp³-hybridized carbons (Fsp3) is 0.0606. The summed E-state index contributed by atoms with van der Waals surface area (Å²) in [4.78, 5) is 35.2. The van der Waals surface area contributed by atoms with Gasteiger partial charge in [-0.05, 0) is 143 Å². The van der Waals surface area contributed by atoms with Crippen LogP contribution in [0.5, 0.6) is 23.0 Å². The first-order chi connectivity index (χ1) is 39.9. The van der Waals surface area contributed by atoms with Crippen molar-refractivity contribution in [3.05, 3.63) is 197 Å². The minimum absolute atomic E-state index is 0.0325. The van der Waals surface area contributed by atoms with Gasteiger partial charge in [-0.25, -0.2) is 0 Å². The number of amides is 2. The van der Waals surface area contributed by atoms with Crippen LogP contribution in [0.15, 0.2) is 184 Å². The van der Waals surface area contributed by atoms with Gasteiger partial charge in [0, 0.05) is 60.3 Å². The zero-order valence-electron chi connectivity index (χ0n) is 44.2. The Morgan fingerprint density at radius 3 is 1.35 bits per heavy atom. The van der Waals surface area contributed by atoms with Gasteiger partial charge in [-0.15, -0.1) is 10.2 Å². The van der Waals surface area contributed by atoms with Gasteiger partial charge in [0.05, 0.1) is 47.8 Å². The number of aromatic amines is 2. The van der Waals surface area contributed by atoms with Gasteiger partial charge in [0.25, 0.3) is 11.8 Å². The lowest BCUT2D eigenvalue weighted by Gasteiger charge is -2.13. The van der Waals surface area contributed by atoms with E-state index >= 15 is 0 Å². The monoisotopic (exact) mass is 1070 g/mol. The van der Waals surface area contributed by atoms with Crippen LogP contribution in [0.3, 0.4) is 0 Å². The lowest BCUT2D eigenvalue weighted by molar-refractivity contribution is 0.101. The van der Waals surface area contributed by atoms with E-state index in [2.05, 4.69) is 43.0 Å². The Kier molecular flexibility index (Phi) is 12.0. The number of nitrogens with zero attached hydrogens (tertiary/aromatic N) is 6. The average Bonchev–Trinajstić information content (AvgIpc) is 4.34. The van der Waals surface area contributed by atoms with Crippen LogP contribution in [-0.4, -0.2) is 46.2 Å². The molecule has 2 aromatic heterocycles. The van der Waals surface area contributed by atoms with Crippen LogP contribution in [0.1, 0.15) is 43.0 Å². The number of hydrogen-bond acceptors (Lipinski definition) is 12. The van der Waals surface area contributed by atoms with Gasteiger partial charge in [0.15, 0.2) is 11.5 Å². The molecule has 82 heavy (non-hydrogen) atoms. The molecule has 2 heterocycles. The fourth-order valence-electron chi connectivity index (χ4n) is 11.1. The van der Waals surface area contributed by atoms with E-state index in [1.54, 1.807) is 87.0 Å². The summed E-state index contributed by atoms with van der Waals surface area (Å²) in [5.74, 6) is -0.684. The van der Waals surface area contributed by atoms with Gasteiger partial charge in [-0.3, -0.25) is 9.59 Å². The van der Waals surface area contributed by atoms with E-state index in [-0.39, 0.29) is 28.1 Å². The Morgan fingerprint density at radius 2 is 0.939 bits per heavy atom. The highest BCUT2D eigenvalue weighted by Gasteiger charge is 2.29. The largest absolute Gasteiger partial charge is 0.505 e. The highest BCUT2D eigenvalue weighted by atomic mass is 16.5. The van der Waals surface area contributed by atoms with Crippen molar-refractivity contribution >= 4 is 117 Å². The first-order valence-electron chi connectivity index (χ1n) is 25.9. The number of carbonyl (C=O) groups excluding carboxylic acids is 2. The zero-order valence-corrected chi connectivity index (χ0v) is 44.2. The van der Waals surface area contributed by atoms with Crippen LogP contribution in [0.4, 0.5) is 34.1 Å². The molecule has 1 aliphatic carbocycles. The van der Waals surface area contributed by atoms with Crippen molar-refractivity contribution in [3.8, 4) is 46.3 Å².